The van der Waals surface area contributed by atoms with E-state index in [0.29, 0.717) is 0 Å². The predicted octanol–water partition coefficient (Wildman–Crippen LogP) is 0.568. The van der Waals surface area contributed by atoms with E-state index in [1.54, 1.807) is 0 Å². The Morgan fingerprint density at radius 3 is 2.45 bits per heavy atom. The molecule has 8 nitrogen and oxygen atoms in total. The van der Waals surface area contributed by atoms with Gasteiger partial charge >= 0.3 is 0 Å². The summed E-state index contributed by atoms with van der Waals surface area (Å²) in [6.45, 7) is 2.57. The van der Waals surface area contributed by atoms with Gasteiger partial charge in [0.05, 0.1) is 17.1 Å². The van der Waals surface area contributed by atoms with Gasteiger partial charge in [0.25, 0.3) is 5.69 Å². The number of nitrogens with zero attached hydrogens (tertiary/aromatic N) is 2. The molecule has 0 bridgehead atoms. The molecule has 0 unspecified atom stereocenters. The number of aliphatic hydroxyl groups excluding tert-OH is 1. The van der Waals surface area contributed by atoms with Crippen molar-refractivity contribution >= 4 is 21.4 Å². The summed E-state index contributed by atoms with van der Waals surface area (Å²) in [6.07, 6.45) is 0. The molecule has 0 aliphatic heterocycles. The van der Waals surface area contributed by atoms with E-state index in [0.717, 1.165) is 16.4 Å². The van der Waals surface area contributed by atoms with Crippen molar-refractivity contribution < 1.29 is 18.4 Å². The number of likely N-dealkylation sites (N-methyl/N-ethyl adjacent to an activating group) is 1. The molecule has 0 saturated carbocycles. The van der Waals surface area contributed by atoms with E-state index in [2.05, 4.69) is 0 Å². The first-order chi connectivity index (χ1) is 9.04. The SMILES string of the molecule is CN(C(C)(C)CO)S(=O)(=O)c1cc(N)ccc1[N+](=O)[O-]. The lowest BCUT2D eigenvalue weighted by molar-refractivity contribution is -0.387. The highest BCUT2D eigenvalue weighted by Gasteiger charge is 2.37. The number of nitrogen functional groups attached to an aromatic ring is 1. The molecule has 0 fully saturated rings. The monoisotopic (exact) mass is 303 g/mol. The molecule has 0 saturated heterocycles. The van der Waals surface area contributed by atoms with E-state index in [1.165, 1.54) is 27.0 Å². The number of aliphatic hydroxyl groups is 1. The van der Waals surface area contributed by atoms with Gasteiger partial charge in [0.15, 0.2) is 4.90 Å². The molecule has 0 aliphatic rings. The number of benzene rings is 1. The normalized spacial score (nSPS) is 12.7. The maximum absolute atomic E-state index is 12.5. The van der Waals surface area contributed by atoms with Crippen molar-refractivity contribution in [2.75, 3.05) is 19.4 Å². The summed E-state index contributed by atoms with van der Waals surface area (Å²) in [6, 6.07) is 3.34. The lowest BCUT2D eigenvalue weighted by Gasteiger charge is -2.32. The van der Waals surface area contributed by atoms with Gasteiger partial charge in [-0.05, 0) is 26.0 Å². The summed E-state index contributed by atoms with van der Waals surface area (Å²) in [5.41, 5.74) is 3.96. The van der Waals surface area contributed by atoms with Gasteiger partial charge in [0.2, 0.25) is 10.0 Å². The second-order valence-corrected chi connectivity index (χ2v) is 6.87. The Hall–Kier alpha value is -1.71. The van der Waals surface area contributed by atoms with Gasteiger partial charge < -0.3 is 10.8 Å². The number of nitro benzene ring substituents is 1. The highest BCUT2D eigenvalue weighted by atomic mass is 32.2. The fourth-order valence-electron chi connectivity index (χ4n) is 1.46. The van der Waals surface area contributed by atoms with Gasteiger partial charge in [0.1, 0.15) is 0 Å². The Balaban J connectivity index is 3.50. The Labute approximate surface area is 117 Å². The fourth-order valence-corrected chi connectivity index (χ4v) is 3.16. The average molecular weight is 303 g/mol. The van der Waals surface area contributed by atoms with Gasteiger partial charge in [-0.1, -0.05) is 0 Å². The molecule has 9 heteroatoms. The van der Waals surface area contributed by atoms with E-state index in [9.17, 15) is 23.6 Å². The molecule has 3 N–H and O–H groups in total. The van der Waals surface area contributed by atoms with Gasteiger partial charge in [0, 0.05) is 18.8 Å². The summed E-state index contributed by atoms with van der Waals surface area (Å²) in [5, 5.41) is 20.2. The van der Waals surface area contributed by atoms with Crippen molar-refractivity contribution in [1.29, 1.82) is 0 Å². The third-order valence-electron chi connectivity index (χ3n) is 3.06. The van der Waals surface area contributed by atoms with Crippen LogP contribution in [0.4, 0.5) is 11.4 Å². The van der Waals surface area contributed by atoms with Crippen molar-refractivity contribution in [3.8, 4) is 0 Å². The lowest BCUT2D eigenvalue weighted by Crippen LogP contribution is -2.47. The maximum Gasteiger partial charge on any atom is 0.289 e. The summed E-state index contributed by atoms with van der Waals surface area (Å²) < 4.78 is 25.8. The van der Waals surface area contributed by atoms with E-state index >= 15 is 0 Å². The van der Waals surface area contributed by atoms with Gasteiger partial charge in [-0.15, -0.1) is 0 Å². The van der Waals surface area contributed by atoms with Crippen LogP contribution in [0.15, 0.2) is 23.1 Å². The van der Waals surface area contributed by atoms with E-state index < -0.39 is 37.7 Å². The summed E-state index contributed by atoms with van der Waals surface area (Å²) in [4.78, 5) is 9.67. The van der Waals surface area contributed by atoms with Crippen LogP contribution in [0.25, 0.3) is 0 Å². The topological polar surface area (TPSA) is 127 Å². The van der Waals surface area contributed by atoms with Crippen LogP contribution in [0, 0.1) is 10.1 Å². The quantitative estimate of drug-likeness (QED) is 0.465. The van der Waals surface area contributed by atoms with Gasteiger partial charge in [-0.2, -0.15) is 4.31 Å². The highest BCUT2D eigenvalue weighted by molar-refractivity contribution is 7.89. The molecule has 0 aromatic heterocycles. The molecule has 0 aliphatic carbocycles. The molecule has 0 heterocycles. The molecular weight excluding hydrogens is 286 g/mol. The largest absolute Gasteiger partial charge is 0.399 e. The van der Waals surface area contributed by atoms with Gasteiger partial charge in [-0.25, -0.2) is 8.42 Å². The third kappa shape index (κ3) is 2.89. The van der Waals surface area contributed by atoms with Crippen molar-refractivity contribution in [2.24, 2.45) is 0 Å². The molecule has 1 aromatic carbocycles. The summed E-state index contributed by atoms with van der Waals surface area (Å²) >= 11 is 0. The predicted molar refractivity (Wildman–Crippen MR) is 73.6 cm³/mol. The van der Waals surface area contributed by atoms with Crippen molar-refractivity contribution in [3.63, 3.8) is 0 Å². The number of nitrogens with two attached hydrogens (primary N) is 1. The zero-order chi connectivity index (χ0) is 15.7. The second-order valence-electron chi connectivity index (χ2n) is 4.93. The Morgan fingerprint density at radius 2 is 2.00 bits per heavy atom. The molecule has 1 aromatic rings. The average Bonchev–Trinajstić information content (AvgIpc) is 2.37. The standard InChI is InChI=1S/C11H17N3O5S/c1-11(2,7-15)13(3)20(18,19)10-6-8(12)4-5-9(10)14(16)17/h4-6,15H,7,12H2,1-3H3. The van der Waals surface area contributed by atoms with Crippen molar-refractivity contribution in [2.45, 2.75) is 24.3 Å². The zero-order valence-corrected chi connectivity index (χ0v) is 12.2. The second kappa shape index (κ2) is 5.35. The van der Waals surface area contributed by atoms with Crippen LogP contribution in [-0.2, 0) is 10.0 Å². The first-order valence-corrected chi connectivity index (χ1v) is 7.12. The van der Waals surface area contributed by atoms with Crippen molar-refractivity contribution in [1.82, 2.24) is 4.31 Å². The minimum absolute atomic E-state index is 0.101. The number of anilines is 1. The third-order valence-corrected chi connectivity index (χ3v) is 5.16. The van der Waals surface area contributed by atoms with E-state index in [-0.39, 0.29) is 5.69 Å². The molecule has 0 spiro atoms. The van der Waals surface area contributed by atoms with Crippen LogP contribution in [0.5, 0.6) is 0 Å². The molecule has 0 radical (unpaired) electrons. The van der Waals surface area contributed by atoms with Crippen LogP contribution >= 0.6 is 0 Å². The highest BCUT2D eigenvalue weighted by Crippen LogP contribution is 2.31. The first kappa shape index (κ1) is 16.3. The molecule has 20 heavy (non-hydrogen) atoms. The zero-order valence-electron chi connectivity index (χ0n) is 11.4. The van der Waals surface area contributed by atoms with Crippen LogP contribution in [-0.4, -0.2) is 41.9 Å². The molecule has 112 valence electrons. The lowest BCUT2D eigenvalue weighted by atomic mass is 10.1. The van der Waals surface area contributed by atoms with Crippen LogP contribution in [0.3, 0.4) is 0 Å². The molecule has 0 atom stereocenters. The molecular formula is C11H17N3O5S. The van der Waals surface area contributed by atoms with Crippen LogP contribution in [0.1, 0.15) is 13.8 Å². The van der Waals surface area contributed by atoms with Crippen molar-refractivity contribution in [3.05, 3.63) is 28.3 Å². The number of nitro groups is 1. The minimum atomic E-state index is -4.16. The molecule has 0 amide bonds. The number of hydrogen-bond donors (Lipinski definition) is 2. The Bertz CT molecular complexity index is 627. The molecule has 1 rings (SSSR count). The van der Waals surface area contributed by atoms with Crippen LogP contribution < -0.4 is 5.73 Å². The maximum atomic E-state index is 12.5. The van der Waals surface area contributed by atoms with E-state index in [4.69, 9.17) is 5.73 Å². The minimum Gasteiger partial charge on any atom is -0.399 e. The number of hydrogen-bond acceptors (Lipinski definition) is 6. The summed E-state index contributed by atoms with van der Waals surface area (Å²) in [7, 11) is -2.91. The smallest absolute Gasteiger partial charge is 0.289 e. The fraction of sp³-hybridized carbons (Fsp3) is 0.455. The first-order valence-electron chi connectivity index (χ1n) is 5.68. The number of rotatable bonds is 5. The summed E-state index contributed by atoms with van der Waals surface area (Å²) in [5.74, 6) is 0. The number of sulfonamides is 1. The Morgan fingerprint density at radius 1 is 1.45 bits per heavy atom. The van der Waals surface area contributed by atoms with Gasteiger partial charge in [-0.3, -0.25) is 10.1 Å². The Kier molecular flexibility index (Phi) is 4.37. The van der Waals surface area contributed by atoms with Crippen LogP contribution in [0.2, 0.25) is 0 Å². The van der Waals surface area contributed by atoms with E-state index in [1.807, 2.05) is 0 Å².